The zero-order chi connectivity index (χ0) is 3.54. The van der Waals surface area contributed by atoms with Gasteiger partial charge < -0.3 is 0 Å². The number of halogens is 1. The zero-order valence-corrected chi connectivity index (χ0v) is 5.40. The van der Waals surface area contributed by atoms with Crippen molar-refractivity contribution < 1.29 is 0 Å². The van der Waals surface area contributed by atoms with E-state index < -0.39 is 0 Å². The molecule has 0 spiro atoms. The molecule has 34 valence electrons. The first-order chi connectivity index (χ1) is 2.50. The molecule has 0 unspecified atom stereocenters. The first kappa shape index (κ1) is 6.04. The minimum atomic E-state index is 0. The Kier molecular flexibility index (Phi) is 3.26. The van der Waals surface area contributed by atoms with Gasteiger partial charge in [-0.05, 0) is 11.5 Å². The quantitative estimate of drug-likeness (QED) is 0.578. The van der Waals surface area contributed by atoms with Crippen LogP contribution < -0.4 is 0 Å². The molecule has 0 radical (unpaired) electrons. The van der Waals surface area contributed by atoms with Crippen LogP contribution in [0.5, 0.6) is 0 Å². The number of nitrogens with zero attached hydrogens (tertiary/aromatic N) is 2. The molecule has 0 fully saturated rings. The third kappa shape index (κ3) is 1.47. The van der Waals surface area contributed by atoms with Crippen molar-refractivity contribution in [3.05, 3.63) is 11.6 Å². The van der Waals surface area contributed by atoms with Gasteiger partial charge in [-0.15, -0.1) is 22.1 Å². The van der Waals surface area contributed by atoms with Crippen LogP contribution >= 0.6 is 28.5 Å². The van der Waals surface area contributed by atoms with Crippen LogP contribution in [0.25, 0.3) is 0 Å². The lowest BCUT2D eigenvalue weighted by molar-refractivity contribution is 1.16. The fourth-order valence-electron chi connectivity index (χ4n) is 0.136. The molecule has 0 aromatic carbocycles. The first-order valence-electron chi connectivity index (χ1n) is 1.21. The second-order valence-corrected chi connectivity index (χ2v) is 1.23. The SMILES string of the molecule is Br.c1csnn1. The Morgan fingerprint density at radius 1 is 1.50 bits per heavy atom. The molecule has 0 aliphatic heterocycles. The smallest absolute Gasteiger partial charge is 0.0620 e. The summed E-state index contributed by atoms with van der Waals surface area (Å²) in [4.78, 5) is 0. The largest absolute Gasteiger partial charge is 0.147 e. The summed E-state index contributed by atoms with van der Waals surface area (Å²) in [5.41, 5.74) is 0. The molecule has 1 aromatic rings. The number of hydrogen-bond acceptors (Lipinski definition) is 3. The molecule has 0 N–H and O–H groups in total. The fourth-order valence-corrected chi connectivity index (χ4v) is 0.408. The second-order valence-electron chi connectivity index (χ2n) is 0.588. The van der Waals surface area contributed by atoms with E-state index in [0.29, 0.717) is 0 Å². The highest BCUT2D eigenvalue weighted by Crippen LogP contribution is 1.78. The van der Waals surface area contributed by atoms with Gasteiger partial charge in [-0.3, -0.25) is 0 Å². The summed E-state index contributed by atoms with van der Waals surface area (Å²) in [5.74, 6) is 0. The molecule has 0 aliphatic carbocycles. The molecule has 0 bridgehead atoms. The summed E-state index contributed by atoms with van der Waals surface area (Å²) >= 11 is 1.35. The lowest BCUT2D eigenvalue weighted by Crippen LogP contribution is -1.51. The van der Waals surface area contributed by atoms with E-state index in [2.05, 4.69) is 9.59 Å². The molecular formula is C2H3BrN2S. The van der Waals surface area contributed by atoms with Crippen molar-refractivity contribution in [2.75, 3.05) is 0 Å². The van der Waals surface area contributed by atoms with Gasteiger partial charge in [0.05, 0.1) is 6.20 Å². The van der Waals surface area contributed by atoms with Gasteiger partial charge in [-0.25, -0.2) is 0 Å². The van der Waals surface area contributed by atoms with E-state index in [0.717, 1.165) is 0 Å². The molecule has 0 saturated heterocycles. The predicted molar refractivity (Wildman–Crippen MR) is 30.2 cm³/mol. The third-order valence-electron chi connectivity index (χ3n) is 0.283. The fraction of sp³-hybridized carbons (Fsp3) is 0. The van der Waals surface area contributed by atoms with Gasteiger partial charge in [0.25, 0.3) is 0 Å². The van der Waals surface area contributed by atoms with E-state index >= 15 is 0 Å². The lowest BCUT2D eigenvalue weighted by atomic mass is 11.1. The Hall–Kier alpha value is 0.0400. The highest BCUT2D eigenvalue weighted by atomic mass is 79.9. The average molecular weight is 167 g/mol. The predicted octanol–water partition coefficient (Wildman–Crippen LogP) is 1.12. The van der Waals surface area contributed by atoms with Crippen molar-refractivity contribution in [3.63, 3.8) is 0 Å². The topological polar surface area (TPSA) is 25.8 Å². The normalized spacial score (nSPS) is 6.67. The monoisotopic (exact) mass is 166 g/mol. The van der Waals surface area contributed by atoms with Gasteiger partial charge in [0.15, 0.2) is 0 Å². The number of hydrogen-bond donors (Lipinski definition) is 0. The minimum absolute atomic E-state index is 0. The summed E-state index contributed by atoms with van der Waals surface area (Å²) in [6, 6.07) is 0. The Morgan fingerprint density at radius 3 is 2.50 bits per heavy atom. The van der Waals surface area contributed by atoms with Crippen molar-refractivity contribution in [2.24, 2.45) is 0 Å². The first-order valence-corrected chi connectivity index (χ1v) is 2.05. The zero-order valence-electron chi connectivity index (χ0n) is 2.87. The van der Waals surface area contributed by atoms with Crippen molar-refractivity contribution >= 4 is 28.5 Å². The van der Waals surface area contributed by atoms with Crippen molar-refractivity contribution in [2.45, 2.75) is 0 Å². The van der Waals surface area contributed by atoms with E-state index in [9.17, 15) is 0 Å². The molecule has 6 heavy (non-hydrogen) atoms. The van der Waals surface area contributed by atoms with Crippen LogP contribution in [0.4, 0.5) is 0 Å². The van der Waals surface area contributed by atoms with Crippen molar-refractivity contribution in [1.29, 1.82) is 0 Å². The lowest BCUT2D eigenvalue weighted by Gasteiger charge is -1.40. The minimum Gasteiger partial charge on any atom is -0.147 e. The molecule has 1 heterocycles. The van der Waals surface area contributed by atoms with Crippen LogP contribution in [0.3, 0.4) is 0 Å². The van der Waals surface area contributed by atoms with Gasteiger partial charge in [0.1, 0.15) is 0 Å². The van der Waals surface area contributed by atoms with E-state index in [1.54, 1.807) is 6.20 Å². The molecular weight excluding hydrogens is 164 g/mol. The Labute approximate surface area is 50.1 Å². The Morgan fingerprint density at radius 2 is 2.33 bits per heavy atom. The van der Waals surface area contributed by atoms with Gasteiger partial charge >= 0.3 is 0 Å². The molecule has 1 aromatic heterocycles. The average Bonchev–Trinajstić information content (AvgIpc) is 1.76. The Balaban J connectivity index is 0.000000250. The van der Waals surface area contributed by atoms with E-state index in [1.165, 1.54) is 11.5 Å². The van der Waals surface area contributed by atoms with Gasteiger partial charge in [-0.1, -0.05) is 4.49 Å². The van der Waals surface area contributed by atoms with Crippen molar-refractivity contribution in [1.82, 2.24) is 9.59 Å². The van der Waals surface area contributed by atoms with E-state index in [1.807, 2.05) is 5.38 Å². The van der Waals surface area contributed by atoms with E-state index in [4.69, 9.17) is 0 Å². The molecule has 0 saturated carbocycles. The van der Waals surface area contributed by atoms with Gasteiger partial charge in [0, 0.05) is 5.38 Å². The van der Waals surface area contributed by atoms with Crippen LogP contribution in [0, 0.1) is 0 Å². The standard InChI is InChI=1S/C2H2N2S.BrH/c1-2-5-4-3-1;/h1-2H;1H. The molecule has 0 amide bonds. The molecule has 0 aliphatic rings. The molecule has 0 atom stereocenters. The summed E-state index contributed by atoms with van der Waals surface area (Å²) in [6.07, 6.45) is 1.66. The summed E-state index contributed by atoms with van der Waals surface area (Å²) < 4.78 is 3.51. The van der Waals surface area contributed by atoms with Crippen LogP contribution in [0.2, 0.25) is 0 Å². The molecule has 2 nitrogen and oxygen atoms in total. The summed E-state index contributed by atoms with van der Waals surface area (Å²) in [6.45, 7) is 0. The summed E-state index contributed by atoms with van der Waals surface area (Å²) in [7, 11) is 0. The van der Waals surface area contributed by atoms with Crippen LogP contribution in [-0.4, -0.2) is 9.59 Å². The second kappa shape index (κ2) is 3.24. The van der Waals surface area contributed by atoms with E-state index in [-0.39, 0.29) is 17.0 Å². The number of aromatic nitrogens is 2. The summed E-state index contributed by atoms with van der Waals surface area (Å²) in [5, 5.41) is 5.31. The Bertz CT molecular complexity index is 68.0. The van der Waals surface area contributed by atoms with Crippen LogP contribution in [0.15, 0.2) is 11.6 Å². The van der Waals surface area contributed by atoms with Crippen LogP contribution in [0.1, 0.15) is 0 Å². The van der Waals surface area contributed by atoms with Crippen LogP contribution in [-0.2, 0) is 0 Å². The third-order valence-corrected chi connectivity index (χ3v) is 0.715. The maximum atomic E-state index is 3.51. The number of rotatable bonds is 0. The highest BCUT2D eigenvalue weighted by Gasteiger charge is 1.61. The highest BCUT2D eigenvalue weighted by molar-refractivity contribution is 8.93. The van der Waals surface area contributed by atoms with Gasteiger partial charge in [0.2, 0.25) is 0 Å². The van der Waals surface area contributed by atoms with Gasteiger partial charge in [-0.2, -0.15) is 0 Å². The molecule has 4 heteroatoms. The maximum Gasteiger partial charge on any atom is 0.0620 e. The maximum absolute atomic E-state index is 3.51. The molecule has 1 rings (SSSR count). The van der Waals surface area contributed by atoms with Crippen molar-refractivity contribution in [3.8, 4) is 0 Å².